The highest BCUT2D eigenvalue weighted by Crippen LogP contribution is 2.29. The van der Waals surface area contributed by atoms with Crippen LogP contribution in [0.15, 0.2) is 36.4 Å². The minimum atomic E-state index is -1.44. The van der Waals surface area contributed by atoms with E-state index in [9.17, 15) is 29.4 Å². The van der Waals surface area contributed by atoms with Crippen molar-refractivity contribution in [3.05, 3.63) is 58.7 Å². The van der Waals surface area contributed by atoms with Gasteiger partial charge in [0.25, 0.3) is 0 Å². The molecule has 0 aliphatic heterocycles. The quantitative estimate of drug-likeness (QED) is 0.651. The second kappa shape index (κ2) is 6.21. The third kappa shape index (κ3) is 3.07. The number of carboxylic acid groups (broad SMARTS) is 4. The lowest BCUT2D eigenvalue weighted by Crippen LogP contribution is -2.08. The van der Waals surface area contributed by atoms with Gasteiger partial charge in [-0.2, -0.15) is 0 Å². The number of rotatable bonds is 5. The van der Waals surface area contributed by atoms with Crippen LogP contribution in [-0.4, -0.2) is 44.3 Å². The second-order valence-corrected chi connectivity index (χ2v) is 4.74. The highest BCUT2D eigenvalue weighted by Gasteiger charge is 2.21. The number of aromatic carboxylic acids is 4. The van der Waals surface area contributed by atoms with Gasteiger partial charge in [-0.25, -0.2) is 19.2 Å². The molecule has 0 fully saturated rings. The van der Waals surface area contributed by atoms with E-state index in [1.165, 1.54) is 12.1 Å². The number of hydrogen-bond acceptors (Lipinski definition) is 4. The van der Waals surface area contributed by atoms with Crippen molar-refractivity contribution in [1.82, 2.24) is 0 Å². The highest BCUT2D eigenvalue weighted by molar-refractivity contribution is 6.05. The summed E-state index contributed by atoms with van der Waals surface area (Å²) in [5, 5.41) is 36.4. The minimum absolute atomic E-state index is 0.0261. The van der Waals surface area contributed by atoms with Gasteiger partial charge in [-0.15, -0.1) is 0 Å². The standard InChI is InChI=1S/C16H10O8/c17-13(18)7-1-3-9(11(5-7)15(21)22)10-4-2-8(14(19)20)6-12(10)16(23)24/h1-6H,(H,17,18)(H,19,20)(H,21,22)(H,23,24). The van der Waals surface area contributed by atoms with Crippen molar-refractivity contribution < 1.29 is 39.6 Å². The topological polar surface area (TPSA) is 149 Å². The molecule has 0 atom stereocenters. The molecule has 0 radical (unpaired) electrons. The van der Waals surface area contributed by atoms with Crippen LogP contribution in [0.1, 0.15) is 41.4 Å². The van der Waals surface area contributed by atoms with Crippen molar-refractivity contribution in [3.8, 4) is 11.1 Å². The molecule has 122 valence electrons. The summed E-state index contributed by atoms with van der Waals surface area (Å²) in [4.78, 5) is 44.7. The van der Waals surface area contributed by atoms with Gasteiger partial charge >= 0.3 is 23.9 Å². The SMILES string of the molecule is O=C(O)c1ccc(-c2ccc(C(=O)O)cc2C(=O)O)c(C(=O)O)c1. The lowest BCUT2D eigenvalue weighted by atomic mass is 9.92. The van der Waals surface area contributed by atoms with Crippen LogP contribution in [-0.2, 0) is 0 Å². The molecule has 8 heteroatoms. The largest absolute Gasteiger partial charge is 0.478 e. The van der Waals surface area contributed by atoms with Crippen LogP contribution >= 0.6 is 0 Å². The maximum Gasteiger partial charge on any atom is 0.336 e. The predicted molar refractivity (Wildman–Crippen MR) is 79.7 cm³/mol. The third-order valence-electron chi connectivity index (χ3n) is 3.28. The van der Waals surface area contributed by atoms with Gasteiger partial charge < -0.3 is 20.4 Å². The molecule has 8 nitrogen and oxygen atoms in total. The summed E-state index contributed by atoms with van der Waals surface area (Å²) in [6.45, 7) is 0. The van der Waals surface area contributed by atoms with E-state index in [0.717, 1.165) is 24.3 Å². The number of hydrogen-bond donors (Lipinski definition) is 4. The van der Waals surface area contributed by atoms with Gasteiger partial charge in [0.05, 0.1) is 22.3 Å². The van der Waals surface area contributed by atoms with E-state index in [-0.39, 0.29) is 22.3 Å². The first-order chi connectivity index (χ1) is 11.2. The number of carbonyl (C=O) groups is 4. The Labute approximate surface area is 134 Å². The molecule has 0 aromatic heterocycles. The van der Waals surface area contributed by atoms with Crippen molar-refractivity contribution in [3.63, 3.8) is 0 Å². The average molecular weight is 330 g/mol. The zero-order valence-corrected chi connectivity index (χ0v) is 11.9. The summed E-state index contributed by atoms with van der Waals surface area (Å²) in [6, 6.07) is 6.46. The van der Waals surface area contributed by atoms with Crippen LogP contribution in [0.3, 0.4) is 0 Å². The number of benzene rings is 2. The summed E-state index contributed by atoms with van der Waals surface area (Å²) in [5.74, 6) is -5.54. The molecule has 2 aromatic carbocycles. The van der Waals surface area contributed by atoms with Crippen molar-refractivity contribution in [2.75, 3.05) is 0 Å². The van der Waals surface area contributed by atoms with Gasteiger partial charge in [0.1, 0.15) is 0 Å². The molecule has 0 saturated carbocycles. The molecule has 0 saturated heterocycles. The van der Waals surface area contributed by atoms with Crippen LogP contribution in [0.5, 0.6) is 0 Å². The monoisotopic (exact) mass is 330 g/mol. The summed E-state index contributed by atoms with van der Waals surface area (Å²) in [7, 11) is 0. The van der Waals surface area contributed by atoms with E-state index in [1.807, 2.05) is 0 Å². The van der Waals surface area contributed by atoms with E-state index >= 15 is 0 Å². The molecule has 0 unspecified atom stereocenters. The minimum Gasteiger partial charge on any atom is -0.478 e. The normalized spacial score (nSPS) is 10.2. The predicted octanol–water partition coefficient (Wildman–Crippen LogP) is 2.15. The molecule has 0 aliphatic rings. The van der Waals surface area contributed by atoms with Gasteiger partial charge in [0, 0.05) is 0 Å². The summed E-state index contributed by atoms with van der Waals surface area (Å²) in [6.07, 6.45) is 0. The lowest BCUT2D eigenvalue weighted by molar-refractivity contribution is 0.0675. The average Bonchev–Trinajstić information content (AvgIpc) is 2.53. The van der Waals surface area contributed by atoms with Gasteiger partial charge in [0.2, 0.25) is 0 Å². The maximum absolute atomic E-state index is 11.4. The Kier molecular flexibility index (Phi) is 4.32. The fourth-order valence-electron chi connectivity index (χ4n) is 2.18. The Hall–Kier alpha value is -3.68. The Bertz CT molecular complexity index is 808. The molecule has 0 bridgehead atoms. The van der Waals surface area contributed by atoms with E-state index in [2.05, 4.69) is 0 Å². The van der Waals surface area contributed by atoms with Crippen LogP contribution in [0.4, 0.5) is 0 Å². The van der Waals surface area contributed by atoms with Crippen molar-refractivity contribution in [2.24, 2.45) is 0 Å². The number of carboxylic acids is 4. The molecule has 0 amide bonds. The fourth-order valence-corrected chi connectivity index (χ4v) is 2.18. The van der Waals surface area contributed by atoms with Crippen LogP contribution < -0.4 is 0 Å². The Morgan fingerprint density at radius 2 is 0.875 bits per heavy atom. The molecular formula is C16H10O8. The molecule has 2 aromatic rings. The van der Waals surface area contributed by atoms with Crippen LogP contribution in [0, 0.1) is 0 Å². The highest BCUT2D eigenvalue weighted by atomic mass is 16.4. The van der Waals surface area contributed by atoms with E-state index in [1.54, 1.807) is 0 Å². The summed E-state index contributed by atoms with van der Waals surface area (Å²) < 4.78 is 0. The Morgan fingerprint density at radius 1 is 0.542 bits per heavy atom. The molecular weight excluding hydrogens is 320 g/mol. The molecule has 0 heterocycles. The summed E-state index contributed by atoms with van der Waals surface area (Å²) in [5.41, 5.74) is -1.39. The molecule has 24 heavy (non-hydrogen) atoms. The van der Waals surface area contributed by atoms with Gasteiger partial charge in [-0.05, 0) is 35.4 Å². The molecule has 2 rings (SSSR count). The summed E-state index contributed by atoms with van der Waals surface area (Å²) >= 11 is 0. The first-order valence-electron chi connectivity index (χ1n) is 6.44. The van der Waals surface area contributed by atoms with E-state index in [0.29, 0.717) is 0 Å². The Balaban J connectivity index is 2.76. The zero-order valence-electron chi connectivity index (χ0n) is 11.9. The van der Waals surface area contributed by atoms with Gasteiger partial charge in [0.15, 0.2) is 0 Å². The molecule has 0 aliphatic carbocycles. The smallest absolute Gasteiger partial charge is 0.336 e. The maximum atomic E-state index is 11.4. The van der Waals surface area contributed by atoms with Crippen molar-refractivity contribution in [1.29, 1.82) is 0 Å². The van der Waals surface area contributed by atoms with Crippen molar-refractivity contribution >= 4 is 23.9 Å². The van der Waals surface area contributed by atoms with Gasteiger partial charge in [-0.3, -0.25) is 0 Å². The first-order valence-corrected chi connectivity index (χ1v) is 6.44. The first kappa shape index (κ1) is 16.7. The molecule has 0 spiro atoms. The van der Waals surface area contributed by atoms with Gasteiger partial charge in [-0.1, -0.05) is 12.1 Å². The Morgan fingerprint density at radius 3 is 1.12 bits per heavy atom. The fraction of sp³-hybridized carbons (Fsp3) is 0. The van der Waals surface area contributed by atoms with E-state index < -0.39 is 35.0 Å². The zero-order chi connectivity index (χ0) is 18.0. The lowest BCUT2D eigenvalue weighted by Gasteiger charge is -2.11. The van der Waals surface area contributed by atoms with Crippen LogP contribution in [0.2, 0.25) is 0 Å². The molecule has 4 N–H and O–H groups in total. The second-order valence-electron chi connectivity index (χ2n) is 4.74. The van der Waals surface area contributed by atoms with Crippen LogP contribution in [0.25, 0.3) is 11.1 Å². The van der Waals surface area contributed by atoms with E-state index in [4.69, 9.17) is 10.2 Å². The third-order valence-corrected chi connectivity index (χ3v) is 3.28. The van der Waals surface area contributed by atoms with Crippen molar-refractivity contribution in [2.45, 2.75) is 0 Å².